The summed E-state index contributed by atoms with van der Waals surface area (Å²) in [5.41, 5.74) is 0.526. The maximum absolute atomic E-state index is 13.4. The number of hydrogen-bond donors (Lipinski definition) is 1. The van der Waals surface area contributed by atoms with Crippen LogP contribution in [0.2, 0.25) is 0 Å². The molecular weight excluding hydrogens is 249 g/mol. The summed E-state index contributed by atoms with van der Waals surface area (Å²) < 4.78 is 13.4. The van der Waals surface area contributed by atoms with Gasteiger partial charge in [-0.05, 0) is 24.3 Å². The Morgan fingerprint density at radius 1 is 1.26 bits per heavy atom. The maximum atomic E-state index is 13.4. The van der Waals surface area contributed by atoms with Crippen molar-refractivity contribution in [2.45, 2.75) is 6.42 Å². The van der Waals surface area contributed by atoms with Crippen molar-refractivity contribution in [1.29, 1.82) is 0 Å². The highest BCUT2D eigenvalue weighted by molar-refractivity contribution is 5.61. The van der Waals surface area contributed by atoms with E-state index in [0.29, 0.717) is 13.0 Å². The summed E-state index contributed by atoms with van der Waals surface area (Å²) in [6, 6.07) is 9.54. The van der Waals surface area contributed by atoms with Crippen LogP contribution in [-0.4, -0.2) is 16.5 Å². The number of benzene rings is 1. The smallest absolute Gasteiger partial charge is 0.327 e. The fourth-order valence-corrected chi connectivity index (χ4v) is 1.71. The molecule has 0 atom stereocenters. The van der Waals surface area contributed by atoms with E-state index in [1.165, 1.54) is 12.1 Å². The number of halogens is 1. The summed E-state index contributed by atoms with van der Waals surface area (Å²) in [5.74, 6) is -0.840. The number of nitrogens with one attached hydrogen (secondary N) is 1. The predicted octanol–water partition coefficient (Wildman–Crippen LogP) is 2.78. The number of nitrogens with zero attached hydrogens (tertiary/aromatic N) is 2. The summed E-state index contributed by atoms with van der Waals surface area (Å²) in [5, 5.41) is 13.7. The molecule has 2 rings (SSSR count). The van der Waals surface area contributed by atoms with Gasteiger partial charge in [0, 0.05) is 24.9 Å². The second kappa shape index (κ2) is 5.90. The van der Waals surface area contributed by atoms with Crippen molar-refractivity contribution in [3.8, 4) is 0 Å². The number of aromatic nitrogens is 1. The molecule has 0 saturated carbocycles. The molecule has 98 valence electrons. The van der Waals surface area contributed by atoms with Crippen molar-refractivity contribution in [1.82, 2.24) is 4.98 Å². The molecule has 1 N–H and O–H groups in total. The Balaban J connectivity index is 2.04. The SMILES string of the molecule is O=[N+]([O-])c1c(F)cccc1NCCc1ccccn1. The molecule has 0 unspecified atom stereocenters. The largest absolute Gasteiger partial charge is 0.379 e. The van der Waals surface area contributed by atoms with E-state index in [4.69, 9.17) is 0 Å². The van der Waals surface area contributed by atoms with Gasteiger partial charge < -0.3 is 5.32 Å². The molecule has 0 aliphatic rings. The minimum absolute atomic E-state index is 0.181. The number of rotatable bonds is 5. The molecule has 5 nitrogen and oxygen atoms in total. The molecule has 0 radical (unpaired) electrons. The van der Waals surface area contributed by atoms with Crippen molar-refractivity contribution in [3.05, 3.63) is 64.2 Å². The molecule has 0 spiro atoms. The molecule has 0 amide bonds. The highest BCUT2D eigenvalue weighted by atomic mass is 19.1. The molecule has 0 aliphatic heterocycles. The van der Waals surface area contributed by atoms with Crippen LogP contribution in [0.25, 0.3) is 0 Å². The molecular formula is C13H12FN3O2. The number of nitro groups is 1. The van der Waals surface area contributed by atoms with Gasteiger partial charge in [-0.25, -0.2) is 0 Å². The lowest BCUT2D eigenvalue weighted by molar-refractivity contribution is -0.386. The second-order valence-corrected chi connectivity index (χ2v) is 3.89. The van der Waals surface area contributed by atoms with E-state index in [1.54, 1.807) is 6.20 Å². The van der Waals surface area contributed by atoms with Gasteiger partial charge in [0.15, 0.2) is 0 Å². The van der Waals surface area contributed by atoms with Gasteiger partial charge in [-0.15, -0.1) is 0 Å². The zero-order chi connectivity index (χ0) is 13.7. The Bertz CT molecular complexity index is 575. The van der Waals surface area contributed by atoms with Gasteiger partial charge in [0.25, 0.3) is 0 Å². The van der Waals surface area contributed by atoms with Crippen LogP contribution < -0.4 is 5.32 Å². The Labute approximate surface area is 109 Å². The zero-order valence-corrected chi connectivity index (χ0v) is 10.0. The summed E-state index contributed by atoms with van der Waals surface area (Å²) >= 11 is 0. The van der Waals surface area contributed by atoms with Crippen molar-refractivity contribution in [2.75, 3.05) is 11.9 Å². The number of hydrogen-bond acceptors (Lipinski definition) is 4. The van der Waals surface area contributed by atoms with E-state index in [1.807, 2.05) is 18.2 Å². The van der Waals surface area contributed by atoms with E-state index >= 15 is 0 Å². The fraction of sp³-hybridized carbons (Fsp3) is 0.154. The Morgan fingerprint density at radius 2 is 2.11 bits per heavy atom. The van der Waals surface area contributed by atoms with Crippen molar-refractivity contribution >= 4 is 11.4 Å². The first-order chi connectivity index (χ1) is 9.18. The average molecular weight is 261 g/mol. The normalized spacial score (nSPS) is 10.2. The van der Waals surface area contributed by atoms with Gasteiger partial charge in [-0.1, -0.05) is 12.1 Å². The molecule has 1 heterocycles. The summed E-state index contributed by atoms with van der Waals surface area (Å²) in [7, 11) is 0. The van der Waals surface area contributed by atoms with E-state index in [0.717, 1.165) is 11.8 Å². The third-order valence-electron chi connectivity index (χ3n) is 2.59. The average Bonchev–Trinajstić information content (AvgIpc) is 2.39. The minimum Gasteiger partial charge on any atom is -0.379 e. The van der Waals surface area contributed by atoms with Crippen LogP contribution in [0.15, 0.2) is 42.6 Å². The number of para-hydroxylation sites is 1. The van der Waals surface area contributed by atoms with Gasteiger partial charge in [-0.2, -0.15) is 4.39 Å². The molecule has 2 aromatic rings. The van der Waals surface area contributed by atoms with Crippen LogP contribution in [0.1, 0.15) is 5.69 Å². The highest BCUT2D eigenvalue weighted by Gasteiger charge is 2.19. The number of pyridine rings is 1. The first-order valence-electron chi connectivity index (χ1n) is 5.75. The summed E-state index contributed by atoms with van der Waals surface area (Å²) in [4.78, 5) is 14.2. The van der Waals surface area contributed by atoms with E-state index < -0.39 is 16.4 Å². The molecule has 19 heavy (non-hydrogen) atoms. The highest BCUT2D eigenvalue weighted by Crippen LogP contribution is 2.26. The molecule has 1 aromatic heterocycles. The van der Waals surface area contributed by atoms with Crippen LogP contribution in [0, 0.1) is 15.9 Å². The Kier molecular flexibility index (Phi) is 4.02. The molecule has 6 heteroatoms. The summed E-state index contributed by atoms with van der Waals surface area (Å²) in [6.45, 7) is 0.446. The van der Waals surface area contributed by atoms with E-state index in [2.05, 4.69) is 10.3 Å². The fourth-order valence-electron chi connectivity index (χ4n) is 1.71. The first-order valence-corrected chi connectivity index (χ1v) is 5.75. The third-order valence-corrected chi connectivity index (χ3v) is 2.59. The zero-order valence-electron chi connectivity index (χ0n) is 10.0. The monoisotopic (exact) mass is 261 g/mol. The number of anilines is 1. The maximum Gasteiger partial charge on any atom is 0.327 e. The van der Waals surface area contributed by atoms with E-state index in [9.17, 15) is 14.5 Å². The van der Waals surface area contributed by atoms with Gasteiger partial charge in [0.05, 0.1) is 4.92 Å². The van der Waals surface area contributed by atoms with Crippen molar-refractivity contribution in [3.63, 3.8) is 0 Å². The predicted molar refractivity (Wildman–Crippen MR) is 69.5 cm³/mol. The minimum atomic E-state index is -0.840. The Hall–Kier alpha value is -2.50. The van der Waals surface area contributed by atoms with Crippen LogP contribution >= 0.6 is 0 Å². The topological polar surface area (TPSA) is 68.1 Å². The lowest BCUT2D eigenvalue weighted by atomic mass is 10.2. The Morgan fingerprint density at radius 3 is 2.79 bits per heavy atom. The van der Waals surface area contributed by atoms with Crippen LogP contribution in [0.3, 0.4) is 0 Å². The second-order valence-electron chi connectivity index (χ2n) is 3.89. The van der Waals surface area contributed by atoms with Crippen LogP contribution in [0.4, 0.5) is 15.8 Å². The van der Waals surface area contributed by atoms with Crippen molar-refractivity contribution in [2.24, 2.45) is 0 Å². The van der Waals surface area contributed by atoms with E-state index in [-0.39, 0.29) is 5.69 Å². The molecule has 0 bridgehead atoms. The first kappa shape index (κ1) is 12.9. The molecule has 0 saturated heterocycles. The van der Waals surface area contributed by atoms with Crippen molar-refractivity contribution < 1.29 is 9.31 Å². The summed E-state index contributed by atoms with van der Waals surface area (Å²) in [6.07, 6.45) is 2.29. The van der Waals surface area contributed by atoms with Gasteiger partial charge in [-0.3, -0.25) is 15.1 Å². The lowest BCUT2D eigenvalue weighted by Crippen LogP contribution is -2.08. The standard InChI is InChI=1S/C13H12FN3O2/c14-11-5-3-6-12(13(11)17(18)19)16-9-7-10-4-1-2-8-15-10/h1-6,8,16H,7,9H2. The quantitative estimate of drug-likeness (QED) is 0.663. The van der Waals surface area contributed by atoms with Crippen LogP contribution in [-0.2, 0) is 6.42 Å². The third kappa shape index (κ3) is 3.25. The number of nitro benzene ring substituents is 1. The molecule has 0 aliphatic carbocycles. The van der Waals surface area contributed by atoms with Gasteiger partial charge in [0.1, 0.15) is 5.69 Å². The molecule has 1 aromatic carbocycles. The van der Waals surface area contributed by atoms with Gasteiger partial charge >= 0.3 is 5.69 Å². The van der Waals surface area contributed by atoms with Crippen LogP contribution in [0.5, 0.6) is 0 Å². The molecule has 0 fully saturated rings. The lowest BCUT2D eigenvalue weighted by Gasteiger charge is -2.07. The van der Waals surface area contributed by atoms with Gasteiger partial charge in [0.2, 0.25) is 5.82 Å².